The monoisotopic (exact) mass is 465 g/mol. The zero-order valence-electron chi connectivity index (χ0n) is 19.0. The van der Waals surface area contributed by atoms with Crippen LogP contribution in [0.3, 0.4) is 0 Å². The van der Waals surface area contributed by atoms with Crippen LogP contribution in [-0.2, 0) is 29.1 Å². The number of rotatable bonds is 8. The lowest BCUT2D eigenvalue weighted by atomic mass is 9.97. The van der Waals surface area contributed by atoms with Crippen LogP contribution in [0.25, 0.3) is 22.1 Å². The van der Waals surface area contributed by atoms with Gasteiger partial charge in [-0.2, -0.15) is 0 Å². The van der Waals surface area contributed by atoms with Crippen LogP contribution >= 0.6 is 0 Å². The van der Waals surface area contributed by atoms with Gasteiger partial charge in [-0.3, -0.25) is 4.79 Å². The van der Waals surface area contributed by atoms with Gasteiger partial charge in [0.2, 0.25) is 0 Å². The van der Waals surface area contributed by atoms with Gasteiger partial charge in [-0.25, -0.2) is 8.78 Å². The normalized spacial score (nSPS) is 11.1. The Morgan fingerprint density at radius 3 is 2.65 bits per heavy atom. The number of benzene rings is 3. The number of fused-ring (bicyclic) bond motifs is 1. The Bertz CT molecular complexity index is 1350. The summed E-state index contributed by atoms with van der Waals surface area (Å²) in [4.78, 5) is 11.9. The first kappa shape index (κ1) is 23.4. The van der Waals surface area contributed by atoms with Gasteiger partial charge in [0.25, 0.3) is 0 Å². The molecule has 2 N–H and O–H groups in total. The van der Waals surface area contributed by atoms with Crippen molar-refractivity contribution in [2.45, 2.75) is 33.4 Å². The molecule has 176 valence electrons. The lowest BCUT2D eigenvalue weighted by Gasteiger charge is -2.14. The van der Waals surface area contributed by atoms with Crippen LogP contribution < -0.4 is 10.5 Å². The molecule has 0 saturated heterocycles. The van der Waals surface area contributed by atoms with Gasteiger partial charge in [-0.15, -0.1) is 0 Å². The van der Waals surface area contributed by atoms with Gasteiger partial charge in [-0.05, 0) is 43.2 Å². The first-order chi connectivity index (χ1) is 16.4. The number of carbonyl (C=O) groups excluding carboxylic acids is 1. The number of nitrogens with two attached hydrogens (primary N) is 1. The lowest BCUT2D eigenvalue weighted by molar-refractivity contribution is -0.142. The van der Waals surface area contributed by atoms with Gasteiger partial charge in [-0.1, -0.05) is 24.3 Å². The van der Waals surface area contributed by atoms with Crippen molar-refractivity contribution in [1.82, 2.24) is 0 Å². The molecule has 0 radical (unpaired) electrons. The molecule has 0 amide bonds. The minimum absolute atomic E-state index is 0.0360. The highest BCUT2D eigenvalue weighted by Gasteiger charge is 2.17. The third kappa shape index (κ3) is 4.79. The van der Waals surface area contributed by atoms with Crippen molar-refractivity contribution in [3.05, 3.63) is 88.7 Å². The Labute approximate surface area is 196 Å². The fraction of sp³-hybridized carbons (Fsp3) is 0.222. The predicted molar refractivity (Wildman–Crippen MR) is 125 cm³/mol. The smallest absolute Gasteiger partial charge is 0.310 e. The summed E-state index contributed by atoms with van der Waals surface area (Å²) in [7, 11) is 0. The average Bonchev–Trinajstić information content (AvgIpc) is 3.20. The molecule has 1 aromatic heterocycles. The van der Waals surface area contributed by atoms with E-state index >= 15 is 4.39 Å². The van der Waals surface area contributed by atoms with Crippen molar-refractivity contribution in [2.24, 2.45) is 5.73 Å². The van der Waals surface area contributed by atoms with E-state index in [0.717, 1.165) is 16.5 Å². The SMILES string of the molecule is CCOC(=O)Cc1ccc(F)cc1OCc1cc(-c2cccc(CN)c2F)c2occ(C)c2c1. The minimum atomic E-state index is -0.481. The fourth-order valence-electron chi connectivity index (χ4n) is 3.89. The number of ether oxygens (including phenoxy) is 2. The van der Waals surface area contributed by atoms with Crippen molar-refractivity contribution in [2.75, 3.05) is 6.61 Å². The Hall–Kier alpha value is -3.71. The molecule has 0 fully saturated rings. The topological polar surface area (TPSA) is 74.7 Å². The van der Waals surface area contributed by atoms with Gasteiger partial charge in [0.05, 0.1) is 19.3 Å². The molecule has 0 spiro atoms. The second-order valence-corrected chi connectivity index (χ2v) is 7.94. The Kier molecular flexibility index (Phi) is 6.93. The molecule has 1 heterocycles. The number of carbonyl (C=O) groups is 1. The molecule has 4 aromatic rings. The van der Waals surface area contributed by atoms with Gasteiger partial charge in [0.1, 0.15) is 29.6 Å². The molecule has 34 heavy (non-hydrogen) atoms. The highest BCUT2D eigenvalue weighted by molar-refractivity contribution is 5.95. The highest BCUT2D eigenvalue weighted by Crippen LogP contribution is 2.35. The molecular formula is C27H25F2NO4. The second-order valence-electron chi connectivity index (χ2n) is 7.94. The molecule has 0 aliphatic rings. The van der Waals surface area contributed by atoms with E-state index in [1.807, 2.05) is 13.0 Å². The summed E-state index contributed by atoms with van der Waals surface area (Å²) in [5.41, 5.74) is 9.73. The zero-order chi connectivity index (χ0) is 24.2. The minimum Gasteiger partial charge on any atom is -0.488 e. The molecule has 0 saturated carbocycles. The van der Waals surface area contributed by atoms with Crippen LogP contribution in [0.15, 0.2) is 59.2 Å². The summed E-state index contributed by atoms with van der Waals surface area (Å²) in [5.74, 6) is -1.06. The van der Waals surface area contributed by atoms with E-state index in [-0.39, 0.29) is 31.9 Å². The van der Waals surface area contributed by atoms with E-state index < -0.39 is 17.6 Å². The fourth-order valence-corrected chi connectivity index (χ4v) is 3.89. The molecule has 5 nitrogen and oxygen atoms in total. The van der Waals surface area contributed by atoms with Gasteiger partial charge >= 0.3 is 5.97 Å². The van der Waals surface area contributed by atoms with Gasteiger partial charge in [0, 0.05) is 40.3 Å². The van der Waals surface area contributed by atoms with E-state index in [0.29, 0.717) is 27.8 Å². The van der Waals surface area contributed by atoms with E-state index in [1.54, 1.807) is 37.5 Å². The third-order valence-electron chi connectivity index (χ3n) is 5.58. The largest absolute Gasteiger partial charge is 0.488 e. The number of furan rings is 1. The van der Waals surface area contributed by atoms with Crippen LogP contribution in [-0.4, -0.2) is 12.6 Å². The second kappa shape index (κ2) is 10.1. The number of esters is 1. The summed E-state index contributed by atoms with van der Waals surface area (Å²) in [5, 5.41) is 0.819. The van der Waals surface area contributed by atoms with Crippen molar-refractivity contribution in [3.8, 4) is 16.9 Å². The number of aryl methyl sites for hydroxylation is 1. The molecule has 4 rings (SSSR count). The molecule has 0 unspecified atom stereocenters. The van der Waals surface area contributed by atoms with Crippen LogP contribution in [0.5, 0.6) is 5.75 Å². The quantitative estimate of drug-likeness (QED) is 0.332. The van der Waals surface area contributed by atoms with Crippen molar-refractivity contribution < 1.29 is 27.5 Å². The molecule has 3 aromatic carbocycles. The number of halogens is 2. The Morgan fingerprint density at radius 2 is 1.88 bits per heavy atom. The van der Waals surface area contributed by atoms with Crippen molar-refractivity contribution in [1.29, 1.82) is 0 Å². The summed E-state index contributed by atoms with van der Waals surface area (Å²) in [6.45, 7) is 4.02. The highest BCUT2D eigenvalue weighted by atomic mass is 19.1. The summed E-state index contributed by atoms with van der Waals surface area (Å²) in [6.07, 6.45) is 1.58. The predicted octanol–water partition coefficient (Wildman–Crippen LogP) is 5.83. The van der Waals surface area contributed by atoms with E-state index in [2.05, 4.69) is 0 Å². The van der Waals surface area contributed by atoms with Crippen LogP contribution in [0.2, 0.25) is 0 Å². The molecule has 7 heteroatoms. The first-order valence-corrected chi connectivity index (χ1v) is 11.0. The summed E-state index contributed by atoms with van der Waals surface area (Å²) in [6, 6.07) is 12.8. The molecule has 0 aliphatic carbocycles. The van der Waals surface area contributed by atoms with E-state index in [9.17, 15) is 9.18 Å². The lowest BCUT2D eigenvalue weighted by Crippen LogP contribution is -2.09. The van der Waals surface area contributed by atoms with Gasteiger partial charge in [0.15, 0.2) is 0 Å². The Morgan fingerprint density at radius 1 is 1.06 bits per heavy atom. The molecule has 0 bridgehead atoms. The van der Waals surface area contributed by atoms with Crippen LogP contribution in [0.4, 0.5) is 8.78 Å². The van der Waals surface area contributed by atoms with E-state index in [4.69, 9.17) is 19.6 Å². The molecule has 0 atom stereocenters. The average molecular weight is 465 g/mol. The van der Waals surface area contributed by atoms with Crippen molar-refractivity contribution in [3.63, 3.8) is 0 Å². The van der Waals surface area contributed by atoms with Gasteiger partial charge < -0.3 is 19.6 Å². The maximum absolute atomic E-state index is 15.1. The maximum Gasteiger partial charge on any atom is 0.310 e. The number of hydrogen-bond acceptors (Lipinski definition) is 5. The molecular weight excluding hydrogens is 440 g/mol. The number of hydrogen-bond donors (Lipinski definition) is 1. The zero-order valence-corrected chi connectivity index (χ0v) is 19.0. The van der Waals surface area contributed by atoms with E-state index in [1.165, 1.54) is 18.2 Å². The summed E-state index contributed by atoms with van der Waals surface area (Å²) < 4.78 is 45.7. The molecule has 0 aliphatic heterocycles. The summed E-state index contributed by atoms with van der Waals surface area (Å²) >= 11 is 0. The van der Waals surface area contributed by atoms with Crippen LogP contribution in [0.1, 0.15) is 29.2 Å². The van der Waals surface area contributed by atoms with Crippen LogP contribution in [0, 0.1) is 18.6 Å². The third-order valence-corrected chi connectivity index (χ3v) is 5.58. The standard InChI is InChI=1S/C27H25F2NO4/c1-3-32-25(31)11-18-7-8-20(28)12-24(18)33-15-17-9-22-16(2)14-34-27(22)23(10-17)21-6-4-5-19(13-30)26(21)29/h4-10,12,14H,3,11,13,15,30H2,1-2H3. The Balaban J connectivity index is 1.70. The first-order valence-electron chi connectivity index (χ1n) is 11.0. The van der Waals surface area contributed by atoms with Crippen molar-refractivity contribution >= 4 is 16.9 Å². The maximum atomic E-state index is 15.1.